The van der Waals surface area contributed by atoms with Crippen molar-refractivity contribution < 1.29 is 5.11 Å². The van der Waals surface area contributed by atoms with Crippen LogP contribution in [0.15, 0.2) is 78.9 Å². The molecular weight excluding hydrogens is 258 g/mol. The highest BCUT2D eigenvalue weighted by Crippen LogP contribution is 2.39. The second-order valence-corrected chi connectivity index (χ2v) is 5.00. The van der Waals surface area contributed by atoms with Gasteiger partial charge >= 0.3 is 0 Å². The summed E-state index contributed by atoms with van der Waals surface area (Å²) in [6.45, 7) is 1.97. The van der Waals surface area contributed by atoms with Crippen LogP contribution in [0.2, 0.25) is 0 Å². The predicted octanol–water partition coefficient (Wildman–Crippen LogP) is 5.17. The molecule has 3 aromatic rings. The summed E-state index contributed by atoms with van der Waals surface area (Å²) in [6, 6.07) is 25.8. The minimum atomic E-state index is 0.280. The lowest BCUT2D eigenvalue weighted by Gasteiger charge is -2.26. The first-order valence-corrected chi connectivity index (χ1v) is 6.95. The normalized spacial score (nSPS) is 10.3. The minimum absolute atomic E-state index is 0.280. The van der Waals surface area contributed by atoms with Gasteiger partial charge < -0.3 is 10.0 Å². The van der Waals surface area contributed by atoms with Gasteiger partial charge in [-0.3, -0.25) is 0 Å². The van der Waals surface area contributed by atoms with Gasteiger partial charge in [0, 0.05) is 11.4 Å². The topological polar surface area (TPSA) is 23.5 Å². The molecule has 3 rings (SSSR count). The maximum atomic E-state index is 10.3. The molecule has 0 heterocycles. The number of hydrogen-bond donors (Lipinski definition) is 1. The van der Waals surface area contributed by atoms with E-state index in [1.807, 2.05) is 79.7 Å². The van der Waals surface area contributed by atoms with Gasteiger partial charge in [-0.1, -0.05) is 42.5 Å². The van der Waals surface area contributed by atoms with Crippen LogP contribution < -0.4 is 4.90 Å². The summed E-state index contributed by atoms with van der Waals surface area (Å²) >= 11 is 0. The van der Waals surface area contributed by atoms with Crippen LogP contribution >= 0.6 is 0 Å². The molecule has 0 amide bonds. The average molecular weight is 275 g/mol. The molecule has 0 bridgehead atoms. The van der Waals surface area contributed by atoms with Crippen LogP contribution in [0.25, 0.3) is 0 Å². The zero-order valence-electron chi connectivity index (χ0n) is 11.9. The number of phenolic OH excluding ortho intramolecular Hbond substituents is 1. The highest BCUT2D eigenvalue weighted by Gasteiger charge is 2.15. The van der Waals surface area contributed by atoms with Gasteiger partial charge in [0.25, 0.3) is 0 Å². The molecule has 2 heteroatoms. The Morgan fingerprint density at radius 3 is 1.71 bits per heavy atom. The molecule has 0 saturated heterocycles. The molecule has 2 nitrogen and oxygen atoms in total. The Kier molecular flexibility index (Phi) is 3.61. The van der Waals surface area contributed by atoms with Crippen molar-refractivity contribution in [3.8, 4) is 5.75 Å². The highest BCUT2D eigenvalue weighted by molar-refractivity contribution is 5.79. The largest absolute Gasteiger partial charge is 0.506 e. The highest BCUT2D eigenvalue weighted by atomic mass is 16.3. The molecule has 0 saturated carbocycles. The number of benzene rings is 3. The zero-order chi connectivity index (χ0) is 14.7. The average Bonchev–Trinajstić information content (AvgIpc) is 2.52. The van der Waals surface area contributed by atoms with Crippen molar-refractivity contribution in [2.45, 2.75) is 6.92 Å². The van der Waals surface area contributed by atoms with Gasteiger partial charge in [0.2, 0.25) is 0 Å². The standard InChI is InChI=1S/C19H17NO/c1-15-12-13-18(19(21)14-15)20(16-8-4-2-5-9-16)17-10-6-3-7-11-17/h2-14,21H,1H3. The third kappa shape index (κ3) is 2.75. The van der Waals surface area contributed by atoms with Gasteiger partial charge in [0.05, 0.1) is 5.69 Å². The molecule has 0 fully saturated rings. The molecule has 1 N–H and O–H groups in total. The number of phenols is 1. The second kappa shape index (κ2) is 5.71. The summed E-state index contributed by atoms with van der Waals surface area (Å²) in [4.78, 5) is 2.05. The smallest absolute Gasteiger partial charge is 0.139 e. The first-order valence-electron chi connectivity index (χ1n) is 6.95. The maximum absolute atomic E-state index is 10.3. The summed E-state index contributed by atoms with van der Waals surface area (Å²) in [5.41, 5.74) is 3.85. The first-order chi connectivity index (χ1) is 10.3. The van der Waals surface area contributed by atoms with E-state index in [1.165, 1.54) is 0 Å². The molecule has 0 aliphatic carbocycles. The van der Waals surface area contributed by atoms with Crippen LogP contribution in [0.5, 0.6) is 5.75 Å². The molecule has 0 aliphatic rings. The van der Waals surface area contributed by atoms with Crippen molar-refractivity contribution in [3.63, 3.8) is 0 Å². The Bertz CT molecular complexity index is 684. The van der Waals surface area contributed by atoms with E-state index in [9.17, 15) is 5.11 Å². The van der Waals surface area contributed by atoms with Crippen molar-refractivity contribution in [2.24, 2.45) is 0 Å². The summed E-state index contributed by atoms with van der Waals surface area (Å²) in [6.07, 6.45) is 0. The lowest BCUT2D eigenvalue weighted by atomic mass is 10.1. The quantitative estimate of drug-likeness (QED) is 0.712. The SMILES string of the molecule is Cc1ccc(N(c2ccccc2)c2ccccc2)c(O)c1. The van der Waals surface area contributed by atoms with E-state index in [0.717, 1.165) is 22.6 Å². The monoisotopic (exact) mass is 275 g/mol. The van der Waals surface area contributed by atoms with E-state index in [1.54, 1.807) is 6.07 Å². The molecule has 0 radical (unpaired) electrons. The van der Waals surface area contributed by atoms with E-state index >= 15 is 0 Å². The van der Waals surface area contributed by atoms with Crippen molar-refractivity contribution >= 4 is 17.1 Å². The van der Waals surface area contributed by atoms with Crippen molar-refractivity contribution in [3.05, 3.63) is 84.4 Å². The zero-order valence-corrected chi connectivity index (χ0v) is 11.9. The Balaban J connectivity index is 2.17. The van der Waals surface area contributed by atoms with E-state index in [4.69, 9.17) is 0 Å². The number of aromatic hydroxyl groups is 1. The summed E-state index contributed by atoms with van der Waals surface area (Å²) in [5, 5.41) is 10.3. The van der Waals surface area contributed by atoms with Gasteiger partial charge in [-0.15, -0.1) is 0 Å². The van der Waals surface area contributed by atoms with Crippen LogP contribution in [0.4, 0.5) is 17.1 Å². The van der Waals surface area contributed by atoms with Crippen LogP contribution in [0.1, 0.15) is 5.56 Å². The predicted molar refractivity (Wildman–Crippen MR) is 87.5 cm³/mol. The van der Waals surface area contributed by atoms with Gasteiger partial charge in [-0.2, -0.15) is 0 Å². The van der Waals surface area contributed by atoms with Crippen molar-refractivity contribution in [1.82, 2.24) is 0 Å². The Morgan fingerprint density at radius 1 is 0.714 bits per heavy atom. The minimum Gasteiger partial charge on any atom is -0.506 e. The molecule has 0 atom stereocenters. The Hall–Kier alpha value is -2.74. The first kappa shape index (κ1) is 13.3. The maximum Gasteiger partial charge on any atom is 0.139 e. The summed E-state index contributed by atoms with van der Waals surface area (Å²) in [5.74, 6) is 0.280. The van der Waals surface area contributed by atoms with Gasteiger partial charge in [0.15, 0.2) is 0 Å². The van der Waals surface area contributed by atoms with Crippen LogP contribution in [0, 0.1) is 6.92 Å². The third-order valence-corrected chi connectivity index (χ3v) is 3.40. The number of aryl methyl sites for hydroxylation is 1. The van der Waals surface area contributed by atoms with Gasteiger partial charge in [-0.05, 0) is 48.9 Å². The van der Waals surface area contributed by atoms with E-state index in [0.29, 0.717) is 0 Å². The summed E-state index contributed by atoms with van der Waals surface area (Å²) < 4.78 is 0. The fourth-order valence-electron chi connectivity index (χ4n) is 2.40. The Morgan fingerprint density at radius 2 is 1.24 bits per heavy atom. The fraction of sp³-hybridized carbons (Fsp3) is 0.0526. The van der Waals surface area contributed by atoms with Crippen LogP contribution in [-0.2, 0) is 0 Å². The molecule has 104 valence electrons. The van der Waals surface area contributed by atoms with E-state index in [-0.39, 0.29) is 5.75 Å². The number of anilines is 3. The molecule has 3 aromatic carbocycles. The number of nitrogens with zero attached hydrogens (tertiary/aromatic N) is 1. The Labute approximate surface area is 124 Å². The van der Waals surface area contributed by atoms with Crippen molar-refractivity contribution in [2.75, 3.05) is 4.90 Å². The van der Waals surface area contributed by atoms with Crippen molar-refractivity contribution in [1.29, 1.82) is 0 Å². The molecular formula is C19H17NO. The number of para-hydroxylation sites is 2. The molecule has 0 spiro atoms. The number of rotatable bonds is 3. The molecule has 0 aromatic heterocycles. The fourth-order valence-corrected chi connectivity index (χ4v) is 2.40. The van der Waals surface area contributed by atoms with Gasteiger partial charge in [-0.25, -0.2) is 0 Å². The number of hydrogen-bond acceptors (Lipinski definition) is 2. The van der Waals surface area contributed by atoms with Crippen LogP contribution in [-0.4, -0.2) is 5.11 Å². The lowest BCUT2D eigenvalue weighted by Crippen LogP contribution is -2.09. The van der Waals surface area contributed by atoms with Crippen LogP contribution in [0.3, 0.4) is 0 Å². The van der Waals surface area contributed by atoms with E-state index in [2.05, 4.69) is 4.90 Å². The lowest BCUT2D eigenvalue weighted by molar-refractivity contribution is 0.476. The van der Waals surface area contributed by atoms with E-state index < -0.39 is 0 Å². The summed E-state index contributed by atoms with van der Waals surface area (Å²) in [7, 11) is 0. The molecule has 0 aliphatic heterocycles. The molecule has 0 unspecified atom stereocenters. The van der Waals surface area contributed by atoms with Gasteiger partial charge in [0.1, 0.15) is 5.75 Å². The third-order valence-electron chi connectivity index (χ3n) is 3.40. The molecule has 21 heavy (non-hydrogen) atoms. The second-order valence-electron chi connectivity index (χ2n) is 5.00.